The SMILES string of the molecule is O=C1C(=O)N(Cc2cnc(Cl)s2)c2cc(F)c(Br)cc21. The van der Waals surface area contributed by atoms with Crippen molar-refractivity contribution in [3.8, 4) is 0 Å². The Bertz CT molecular complexity index is 749. The van der Waals surface area contributed by atoms with E-state index in [0.717, 1.165) is 0 Å². The smallest absolute Gasteiger partial charge is 0.299 e. The van der Waals surface area contributed by atoms with Gasteiger partial charge in [0.25, 0.3) is 11.7 Å². The van der Waals surface area contributed by atoms with Gasteiger partial charge < -0.3 is 0 Å². The van der Waals surface area contributed by atoms with Crippen LogP contribution in [0.5, 0.6) is 0 Å². The number of thiazole rings is 1. The Balaban J connectivity index is 2.03. The Kier molecular flexibility index (Phi) is 3.35. The molecule has 0 saturated carbocycles. The van der Waals surface area contributed by atoms with E-state index in [9.17, 15) is 14.0 Å². The van der Waals surface area contributed by atoms with Crippen molar-refractivity contribution in [3.05, 3.63) is 43.5 Å². The second-order valence-electron chi connectivity index (χ2n) is 4.08. The highest BCUT2D eigenvalue weighted by atomic mass is 79.9. The van der Waals surface area contributed by atoms with Gasteiger partial charge in [-0.15, -0.1) is 11.3 Å². The molecule has 0 aliphatic carbocycles. The molecule has 2 heterocycles. The Labute approximate surface area is 130 Å². The number of nitrogens with zero attached hydrogens (tertiary/aromatic N) is 2. The summed E-state index contributed by atoms with van der Waals surface area (Å²) in [6.07, 6.45) is 1.53. The van der Waals surface area contributed by atoms with E-state index in [1.165, 1.54) is 34.6 Å². The van der Waals surface area contributed by atoms with Crippen LogP contribution in [-0.2, 0) is 11.3 Å². The molecular formula is C12H5BrClFN2O2S. The molecule has 0 saturated heterocycles. The van der Waals surface area contributed by atoms with Crippen LogP contribution in [0.1, 0.15) is 15.2 Å². The summed E-state index contributed by atoms with van der Waals surface area (Å²) in [6, 6.07) is 2.50. The van der Waals surface area contributed by atoms with E-state index in [1.54, 1.807) is 0 Å². The lowest BCUT2D eigenvalue weighted by Gasteiger charge is -2.15. The summed E-state index contributed by atoms with van der Waals surface area (Å²) in [6.45, 7) is 0.142. The molecular weight excluding hydrogens is 371 g/mol. The van der Waals surface area contributed by atoms with Crippen LogP contribution in [0.3, 0.4) is 0 Å². The van der Waals surface area contributed by atoms with E-state index in [-0.39, 0.29) is 22.3 Å². The molecule has 4 nitrogen and oxygen atoms in total. The first-order valence-electron chi connectivity index (χ1n) is 5.43. The fourth-order valence-corrected chi connectivity index (χ4v) is 3.27. The fourth-order valence-electron chi connectivity index (χ4n) is 1.96. The van der Waals surface area contributed by atoms with Crippen molar-refractivity contribution in [1.82, 2.24) is 4.98 Å². The van der Waals surface area contributed by atoms with E-state index >= 15 is 0 Å². The predicted octanol–water partition coefficient (Wildman–Crippen LogP) is 3.43. The first-order chi connectivity index (χ1) is 9.47. The normalized spacial score (nSPS) is 14.1. The molecule has 0 radical (unpaired) electrons. The molecule has 0 atom stereocenters. The largest absolute Gasteiger partial charge is 0.299 e. The van der Waals surface area contributed by atoms with Gasteiger partial charge >= 0.3 is 0 Å². The Morgan fingerprint density at radius 2 is 2.15 bits per heavy atom. The average Bonchev–Trinajstić information content (AvgIpc) is 2.90. The Morgan fingerprint density at radius 3 is 2.80 bits per heavy atom. The molecule has 0 unspecified atom stereocenters. The molecule has 2 aromatic rings. The first kappa shape index (κ1) is 13.7. The maximum atomic E-state index is 13.6. The lowest BCUT2D eigenvalue weighted by molar-refractivity contribution is -0.114. The molecule has 1 aromatic heterocycles. The Hall–Kier alpha value is -1.31. The summed E-state index contributed by atoms with van der Waals surface area (Å²) in [5.41, 5.74) is 0.462. The number of fused-ring (bicyclic) bond motifs is 1. The average molecular weight is 376 g/mol. The summed E-state index contributed by atoms with van der Waals surface area (Å²) in [5, 5.41) is 0. The lowest BCUT2D eigenvalue weighted by atomic mass is 10.1. The summed E-state index contributed by atoms with van der Waals surface area (Å²) in [7, 11) is 0. The summed E-state index contributed by atoms with van der Waals surface area (Å²) in [5.74, 6) is -1.85. The van der Waals surface area contributed by atoms with E-state index in [0.29, 0.717) is 9.34 Å². The second-order valence-corrected chi connectivity index (χ2v) is 6.64. The molecule has 1 aliphatic heterocycles. The topological polar surface area (TPSA) is 50.3 Å². The Morgan fingerprint density at radius 1 is 1.40 bits per heavy atom. The number of aromatic nitrogens is 1. The molecule has 1 aliphatic rings. The zero-order valence-electron chi connectivity index (χ0n) is 9.69. The van der Waals surface area contributed by atoms with Gasteiger partial charge in [0.1, 0.15) is 5.82 Å². The van der Waals surface area contributed by atoms with Crippen LogP contribution in [0.25, 0.3) is 0 Å². The summed E-state index contributed by atoms with van der Waals surface area (Å²) < 4.78 is 14.1. The standard InChI is InChI=1S/C12H5BrClFN2O2S/c13-7-1-6-9(2-8(7)15)17(11(19)10(6)18)4-5-3-16-12(14)20-5/h1-3H,4H2. The van der Waals surface area contributed by atoms with Gasteiger partial charge in [-0.1, -0.05) is 11.6 Å². The second kappa shape index (κ2) is 4.91. The molecule has 8 heteroatoms. The first-order valence-corrected chi connectivity index (χ1v) is 7.41. The molecule has 1 aromatic carbocycles. The predicted molar refractivity (Wildman–Crippen MR) is 76.7 cm³/mol. The zero-order chi connectivity index (χ0) is 14.4. The van der Waals surface area contributed by atoms with Gasteiger partial charge in [0, 0.05) is 11.1 Å². The molecule has 0 N–H and O–H groups in total. The molecule has 20 heavy (non-hydrogen) atoms. The van der Waals surface area contributed by atoms with Gasteiger partial charge in [-0.05, 0) is 28.1 Å². The van der Waals surface area contributed by atoms with Gasteiger partial charge in [0.15, 0.2) is 4.47 Å². The van der Waals surface area contributed by atoms with Gasteiger partial charge in [0.2, 0.25) is 0 Å². The quantitative estimate of drug-likeness (QED) is 0.756. The maximum absolute atomic E-state index is 13.6. The molecule has 1 amide bonds. The third-order valence-corrected chi connectivity index (χ3v) is 4.56. The minimum Gasteiger partial charge on any atom is -0.299 e. The van der Waals surface area contributed by atoms with Crippen LogP contribution >= 0.6 is 38.9 Å². The number of halogens is 3. The van der Waals surface area contributed by atoms with Crippen molar-refractivity contribution < 1.29 is 14.0 Å². The number of carbonyl (C=O) groups excluding carboxylic acids is 2. The van der Waals surface area contributed by atoms with Gasteiger partial charge in [-0.3, -0.25) is 14.5 Å². The third-order valence-electron chi connectivity index (χ3n) is 2.85. The fraction of sp³-hybridized carbons (Fsp3) is 0.0833. The molecule has 0 fully saturated rings. The van der Waals surface area contributed by atoms with Crippen LogP contribution in [0, 0.1) is 5.82 Å². The highest BCUT2D eigenvalue weighted by molar-refractivity contribution is 9.10. The van der Waals surface area contributed by atoms with Crippen molar-refractivity contribution in [2.75, 3.05) is 4.90 Å². The van der Waals surface area contributed by atoms with Gasteiger partial charge in [-0.25, -0.2) is 9.37 Å². The van der Waals surface area contributed by atoms with Crippen LogP contribution in [0.2, 0.25) is 4.47 Å². The maximum Gasteiger partial charge on any atom is 0.299 e. The van der Waals surface area contributed by atoms with Crippen LogP contribution in [-0.4, -0.2) is 16.7 Å². The molecule has 0 spiro atoms. The van der Waals surface area contributed by atoms with Crippen molar-refractivity contribution >= 4 is 56.2 Å². The van der Waals surface area contributed by atoms with E-state index < -0.39 is 17.5 Å². The number of ketones is 1. The number of carbonyl (C=O) groups is 2. The van der Waals surface area contributed by atoms with Gasteiger partial charge in [-0.2, -0.15) is 0 Å². The van der Waals surface area contributed by atoms with Crippen molar-refractivity contribution in [1.29, 1.82) is 0 Å². The number of Topliss-reactive ketones (excluding diaryl/α,β-unsaturated/α-hetero) is 1. The highest BCUT2D eigenvalue weighted by Gasteiger charge is 2.37. The number of hydrogen-bond donors (Lipinski definition) is 0. The highest BCUT2D eigenvalue weighted by Crippen LogP contribution is 2.35. The molecule has 102 valence electrons. The number of hydrogen-bond acceptors (Lipinski definition) is 4. The summed E-state index contributed by atoms with van der Waals surface area (Å²) in [4.78, 5) is 29.7. The van der Waals surface area contributed by atoms with Crippen molar-refractivity contribution in [3.63, 3.8) is 0 Å². The molecule has 3 rings (SSSR count). The minimum absolute atomic E-state index is 0.142. The van der Waals surface area contributed by atoms with Crippen molar-refractivity contribution in [2.45, 2.75) is 6.54 Å². The zero-order valence-corrected chi connectivity index (χ0v) is 12.9. The number of benzene rings is 1. The number of anilines is 1. The summed E-state index contributed by atoms with van der Waals surface area (Å²) >= 11 is 9.94. The minimum atomic E-state index is -0.679. The lowest BCUT2D eigenvalue weighted by Crippen LogP contribution is -2.28. The van der Waals surface area contributed by atoms with E-state index in [1.807, 2.05) is 0 Å². The van der Waals surface area contributed by atoms with Crippen molar-refractivity contribution in [2.24, 2.45) is 0 Å². The van der Waals surface area contributed by atoms with Crippen LogP contribution in [0.4, 0.5) is 10.1 Å². The van der Waals surface area contributed by atoms with E-state index in [4.69, 9.17) is 11.6 Å². The third kappa shape index (κ3) is 2.15. The van der Waals surface area contributed by atoms with E-state index in [2.05, 4.69) is 20.9 Å². The van der Waals surface area contributed by atoms with Crippen LogP contribution in [0.15, 0.2) is 22.8 Å². The van der Waals surface area contributed by atoms with Gasteiger partial charge in [0.05, 0.1) is 22.3 Å². The monoisotopic (exact) mass is 374 g/mol. The number of amides is 1. The number of rotatable bonds is 2. The van der Waals surface area contributed by atoms with Crippen LogP contribution < -0.4 is 4.90 Å². The molecule has 0 bridgehead atoms.